The van der Waals surface area contributed by atoms with Crippen LogP contribution in [-0.2, 0) is 15.3 Å². The minimum Gasteiger partial charge on any atom is -0.386 e. The van der Waals surface area contributed by atoms with Crippen LogP contribution in [0, 0.1) is 12.7 Å². The average Bonchev–Trinajstić information content (AvgIpc) is 3.13. The first kappa shape index (κ1) is 21.4. The van der Waals surface area contributed by atoms with Gasteiger partial charge in [-0.2, -0.15) is 0 Å². The van der Waals surface area contributed by atoms with E-state index in [0.717, 1.165) is 5.56 Å². The SMILES string of the molecule is Cc1ccc(C(=O)Nc2ccc(F)c([C@@]3(C)N=C(N)C(C)(C)[S@@]4(=O)=NCC[C@@H]34)c2)nc1. The highest BCUT2D eigenvalue weighted by Gasteiger charge is 2.56. The van der Waals surface area contributed by atoms with Gasteiger partial charge in [0.15, 0.2) is 0 Å². The van der Waals surface area contributed by atoms with Gasteiger partial charge in [0, 0.05) is 24.0 Å². The molecule has 0 radical (unpaired) electrons. The first-order chi connectivity index (χ1) is 14.5. The molecule has 1 amide bonds. The molecule has 2 aromatic rings. The van der Waals surface area contributed by atoms with Crippen LogP contribution in [0.3, 0.4) is 0 Å². The first-order valence-corrected chi connectivity index (χ1v) is 11.7. The number of anilines is 1. The number of nitrogens with one attached hydrogen (secondary N) is 1. The van der Waals surface area contributed by atoms with Crippen molar-refractivity contribution < 1.29 is 13.4 Å². The lowest BCUT2D eigenvalue weighted by Gasteiger charge is -2.44. The van der Waals surface area contributed by atoms with Crippen LogP contribution >= 0.6 is 0 Å². The molecule has 2 aliphatic rings. The second-order valence-corrected chi connectivity index (χ2v) is 11.7. The molecule has 0 bridgehead atoms. The molecule has 4 rings (SSSR count). The van der Waals surface area contributed by atoms with Gasteiger partial charge in [0.25, 0.3) is 5.91 Å². The molecule has 0 saturated carbocycles. The highest BCUT2D eigenvalue weighted by Crippen LogP contribution is 2.48. The fourth-order valence-corrected chi connectivity index (χ4v) is 7.46. The first-order valence-electron chi connectivity index (χ1n) is 10.1. The van der Waals surface area contributed by atoms with Crippen molar-refractivity contribution in [3.63, 3.8) is 0 Å². The van der Waals surface area contributed by atoms with E-state index in [2.05, 4.69) is 19.7 Å². The zero-order chi connectivity index (χ0) is 22.6. The van der Waals surface area contributed by atoms with Crippen LogP contribution in [0.1, 0.15) is 48.8 Å². The summed E-state index contributed by atoms with van der Waals surface area (Å²) in [6, 6.07) is 7.71. The highest BCUT2D eigenvalue weighted by molar-refractivity contribution is 7.96. The highest BCUT2D eigenvalue weighted by atomic mass is 32.2. The van der Waals surface area contributed by atoms with Crippen LogP contribution < -0.4 is 11.1 Å². The van der Waals surface area contributed by atoms with Gasteiger partial charge in [0.2, 0.25) is 0 Å². The minimum atomic E-state index is -2.77. The van der Waals surface area contributed by atoms with Crippen LogP contribution in [0.5, 0.6) is 0 Å². The van der Waals surface area contributed by atoms with Crippen LogP contribution in [0.15, 0.2) is 45.9 Å². The van der Waals surface area contributed by atoms with Gasteiger partial charge in [-0.3, -0.25) is 14.8 Å². The normalized spacial score (nSPS) is 28.9. The van der Waals surface area contributed by atoms with Crippen molar-refractivity contribution in [3.8, 4) is 0 Å². The number of amides is 1. The van der Waals surface area contributed by atoms with Crippen molar-refractivity contribution in [1.29, 1.82) is 0 Å². The summed E-state index contributed by atoms with van der Waals surface area (Å²) in [4.78, 5) is 21.4. The summed E-state index contributed by atoms with van der Waals surface area (Å²) in [6.45, 7) is 7.59. The number of carbonyl (C=O) groups is 1. The molecule has 1 aromatic heterocycles. The molecule has 164 valence electrons. The van der Waals surface area contributed by atoms with Gasteiger partial charge in [0.05, 0.1) is 15.0 Å². The average molecular weight is 444 g/mol. The lowest BCUT2D eigenvalue weighted by Crippen LogP contribution is -2.58. The number of benzene rings is 1. The van der Waals surface area contributed by atoms with Crippen molar-refractivity contribution in [3.05, 3.63) is 59.2 Å². The standard InChI is InChI=1S/C22H26FN5O2S/c1-13-5-8-17(25-12-13)19(29)27-14-6-7-16(23)15(11-14)22(4)18-9-10-26-31(18,30)21(2,3)20(24)28-22/h5-8,11-12,18H,9-10H2,1-4H3,(H2,24,28)(H,27,29)/t18-,22+,31+/m0/s1. The van der Waals surface area contributed by atoms with E-state index in [9.17, 15) is 9.00 Å². The Bertz CT molecular complexity index is 1210. The van der Waals surface area contributed by atoms with Crippen LogP contribution in [-0.4, -0.2) is 37.5 Å². The molecule has 3 atom stereocenters. The Labute approximate surface area is 181 Å². The number of aryl methyl sites for hydroxylation is 1. The van der Waals surface area contributed by atoms with E-state index < -0.39 is 37.0 Å². The summed E-state index contributed by atoms with van der Waals surface area (Å²) >= 11 is 0. The minimum absolute atomic E-state index is 0.194. The molecule has 0 saturated heterocycles. The summed E-state index contributed by atoms with van der Waals surface area (Å²) in [6.07, 6.45) is 2.13. The number of halogens is 1. The quantitative estimate of drug-likeness (QED) is 0.758. The molecule has 9 heteroatoms. The fourth-order valence-electron chi connectivity index (χ4n) is 4.29. The number of hydrogen-bond acceptors (Lipinski definition) is 6. The second kappa shape index (κ2) is 7.12. The van der Waals surface area contributed by atoms with Gasteiger partial charge in [-0.25, -0.2) is 13.0 Å². The number of aromatic nitrogens is 1. The Morgan fingerprint density at radius 3 is 2.68 bits per heavy atom. The molecule has 0 unspecified atom stereocenters. The van der Waals surface area contributed by atoms with Gasteiger partial charge < -0.3 is 11.1 Å². The third-order valence-electron chi connectivity index (χ3n) is 6.30. The molecule has 3 heterocycles. The van der Waals surface area contributed by atoms with E-state index in [1.807, 2.05) is 6.92 Å². The number of hydrogen-bond donors (Lipinski definition) is 2. The summed E-state index contributed by atoms with van der Waals surface area (Å²) < 4.78 is 32.5. The Kier molecular flexibility index (Phi) is 4.92. The summed E-state index contributed by atoms with van der Waals surface area (Å²) in [5.74, 6) is -0.714. The van der Waals surface area contributed by atoms with Gasteiger partial charge in [-0.15, -0.1) is 0 Å². The number of nitrogens with two attached hydrogens (primary N) is 1. The van der Waals surface area contributed by atoms with Crippen molar-refractivity contribution >= 4 is 27.2 Å². The number of aliphatic imine (C=N–C) groups is 1. The van der Waals surface area contributed by atoms with Gasteiger partial charge in [-0.05, 0) is 63.9 Å². The number of amidine groups is 1. The van der Waals surface area contributed by atoms with Crippen LogP contribution in [0.4, 0.5) is 10.1 Å². The zero-order valence-corrected chi connectivity index (χ0v) is 18.8. The maximum absolute atomic E-state index is 15.0. The zero-order valence-electron chi connectivity index (χ0n) is 18.0. The molecule has 0 fully saturated rings. The van der Waals surface area contributed by atoms with Crippen molar-refractivity contribution in [2.24, 2.45) is 15.1 Å². The lowest BCUT2D eigenvalue weighted by molar-refractivity contribution is 0.102. The molecule has 0 spiro atoms. The van der Waals surface area contributed by atoms with Crippen molar-refractivity contribution in [2.45, 2.75) is 49.7 Å². The Hall–Kier alpha value is -2.81. The number of carbonyl (C=O) groups excluding carboxylic acids is 1. The number of rotatable bonds is 3. The Morgan fingerprint density at radius 2 is 2.00 bits per heavy atom. The molecule has 3 N–H and O–H groups in total. The van der Waals surface area contributed by atoms with E-state index in [1.165, 1.54) is 18.2 Å². The van der Waals surface area contributed by atoms with E-state index >= 15 is 4.39 Å². The third kappa shape index (κ3) is 3.22. The number of nitrogens with zero attached hydrogens (tertiary/aromatic N) is 3. The topological polar surface area (TPSA) is 110 Å². The molecule has 7 nitrogen and oxygen atoms in total. The predicted octanol–water partition coefficient (Wildman–Crippen LogP) is 3.39. The summed E-state index contributed by atoms with van der Waals surface area (Å²) in [5.41, 5.74) is 6.89. The third-order valence-corrected chi connectivity index (χ3v) is 10.0. The van der Waals surface area contributed by atoms with Crippen LogP contribution in [0.2, 0.25) is 0 Å². The van der Waals surface area contributed by atoms with Crippen molar-refractivity contribution in [2.75, 3.05) is 11.9 Å². The smallest absolute Gasteiger partial charge is 0.274 e. The molecular weight excluding hydrogens is 417 g/mol. The van der Waals surface area contributed by atoms with E-state index in [1.54, 1.807) is 39.1 Å². The second-order valence-electron chi connectivity index (χ2n) is 8.72. The summed E-state index contributed by atoms with van der Waals surface area (Å²) in [7, 11) is -2.77. The lowest BCUT2D eigenvalue weighted by atomic mass is 9.85. The Balaban J connectivity index is 1.76. The number of fused-ring (bicyclic) bond motifs is 1. The molecule has 0 aliphatic carbocycles. The largest absolute Gasteiger partial charge is 0.386 e. The van der Waals surface area contributed by atoms with E-state index in [-0.39, 0.29) is 17.1 Å². The van der Waals surface area contributed by atoms with E-state index in [0.29, 0.717) is 18.7 Å². The molecule has 1 aromatic carbocycles. The summed E-state index contributed by atoms with van der Waals surface area (Å²) in [5, 5.41) is 2.27. The van der Waals surface area contributed by atoms with Gasteiger partial charge in [0.1, 0.15) is 27.6 Å². The maximum atomic E-state index is 15.0. The maximum Gasteiger partial charge on any atom is 0.274 e. The predicted molar refractivity (Wildman–Crippen MR) is 120 cm³/mol. The van der Waals surface area contributed by atoms with Crippen molar-refractivity contribution in [1.82, 2.24) is 4.98 Å². The number of pyridine rings is 1. The van der Waals surface area contributed by atoms with Gasteiger partial charge in [-0.1, -0.05) is 6.07 Å². The van der Waals surface area contributed by atoms with Gasteiger partial charge >= 0.3 is 0 Å². The van der Waals surface area contributed by atoms with Crippen LogP contribution in [0.25, 0.3) is 0 Å². The van der Waals surface area contributed by atoms with E-state index in [4.69, 9.17) is 5.73 Å². The Morgan fingerprint density at radius 1 is 1.26 bits per heavy atom. The molecule has 2 aliphatic heterocycles. The molecule has 31 heavy (non-hydrogen) atoms. The monoisotopic (exact) mass is 443 g/mol. The molecular formula is C22H26FN5O2S. The fraction of sp³-hybridized carbons (Fsp3) is 0.409.